The van der Waals surface area contributed by atoms with Crippen LogP contribution in [0.3, 0.4) is 0 Å². The zero-order valence-electron chi connectivity index (χ0n) is 19.7. The molecule has 0 fully saturated rings. The maximum absolute atomic E-state index is 6.32. The van der Waals surface area contributed by atoms with Crippen LogP contribution in [0.1, 0.15) is 30.7 Å². The van der Waals surface area contributed by atoms with Crippen LogP contribution in [0.15, 0.2) is 79.2 Å². The number of nitrogens with two attached hydrogens (primary N) is 1. The van der Waals surface area contributed by atoms with Crippen LogP contribution in [0.4, 0.5) is 5.69 Å². The van der Waals surface area contributed by atoms with E-state index in [9.17, 15) is 0 Å². The molecular formula is C27H32N4O2. The molecule has 0 aliphatic carbocycles. The first-order chi connectivity index (χ1) is 16.0. The minimum Gasteiger partial charge on any atom is -0.487 e. The molecule has 33 heavy (non-hydrogen) atoms. The number of rotatable bonds is 10. The Balaban J connectivity index is 1.52. The summed E-state index contributed by atoms with van der Waals surface area (Å²) in [5, 5.41) is 1.75. The zero-order valence-corrected chi connectivity index (χ0v) is 19.7. The first-order valence-electron chi connectivity index (χ1n) is 11.0. The van der Waals surface area contributed by atoms with Crippen molar-refractivity contribution >= 4 is 11.3 Å². The molecule has 3 rings (SSSR count). The van der Waals surface area contributed by atoms with E-state index in [1.165, 1.54) is 0 Å². The molecule has 172 valence electrons. The van der Waals surface area contributed by atoms with Gasteiger partial charge in [-0.3, -0.25) is 4.98 Å². The van der Waals surface area contributed by atoms with E-state index in [-0.39, 0.29) is 5.92 Å². The molecule has 6 nitrogen and oxygen atoms in total. The van der Waals surface area contributed by atoms with Crippen LogP contribution < -0.4 is 20.3 Å². The lowest BCUT2D eigenvalue weighted by atomic mass is 10.0. The van der Waals surface area contributed by atoms with Gasteiger partial charge in [-0.25, -0.2) is 10.8 Å². The highest BCUT2D eigenvalue weighted by molar-refractivity contribution is 5.73. The summed E-state index contributed by atoms with van der Waals surface area (Å²) in [6.45, 7) is 7.29. The molecule has 1 atom stereocenters. The molecule has 0 aliphatic heterocycles. The molecular weight excluding hydrogens is 412 g/mol. The number of aromatic nitrogens is 2. The van der Waals surface area contributed by atoms with Crippen LogP contribution in [-0.4, -0.2) is 23.6 Å². The van der Waals surface area contributed by atoms with E-state index in [0.29, 0.717) is 19.0 Å². The number of methoxy groups -OCH3 is 1. The first-order valence-corrected chi connectivity index (χ1v) is 11.0. The molecule has 6 heteroatoms. The summed E-state index contributed by atoms with van der Waals surface area (Å²) in [5.74, 6) is 7.96. The van der Waals surface area contributed by atoms with Gasteiger partial charge in [0.15, 0.2) is 0 Å². The van der Waals surface area contributed by atoms with E-state index in [1.54, 1.807) is 12.1 Å². The second-order valence-corrected chi connectivity index (χ2v) is 7.93. The third-order valence-corrected chi connectivity index (χ3v) is 5.21. The van der Waals surface area contributed by atoms with E-state index < -0.39 is 0 Å². The Bertz CT molecular complexity index is 1060. The average molecular weight is 445 g/mol. The number of hydrogen-bond donors (Lipinski definition) is 1. The normalized spacial score (nSPS) is 12.6. The first kappa shape index (κ1) is 24.0. The fraction of sp³-hybridized carbons (Fsp3) is 0.259. The van der Waals surface area contributed by atoms with Gasteiger partial charge in [0.2, 0.25) is 5.88 Å². The standard InChI is InChI=1S/C27H32N4O2/c1-5-22(23-9-15-27(32-4)30-17-23)8-6-21(3)18-31(28)25-11-13-26(14-12-25)33-19-24-10-7-20(2)16-29-24/h5-17,21H,18-19,28H2,1-4H3. The number of nitrogens with zero attached hydrogens (tertiary/aromatic N) is 3. The molecule has 0 spiro atoms. The Morgan fingerprint density at radius 3 is 2.45 bits per heavy atom. The van der Waals surface area contributed by atoms with Gasteiger partial charge in [-0.05, 0) is 72.9 Å². The van der Waals surface area contributed by atoms with Gasteiger partial charge in [0.25, 0.3) is 0 Å². The number of pyridine rings is 2. The molecule has 2 heterocycles. The van der Waals surface area contributed by atoms with Gasteiger partial charge >= 0.3 is 0 Å². The minimum atomic E-state index is 0.250. The van der Waals surface area contributed by atoms with Crippen LogP contribution in [0.25, 0.3) is 5.57 Å². The lowest BCUT2D eigenvalue weighted by Gasteiger charge is -2.21. The van der Waals surface area contributed by atoms with Crippen LogP contribution >= 0.6 is 0 Å². The van der Waals surface area contributed by atoms with Gasteiger partial charge in [-0.2, -0.15) is 0 Å². The minimum absolute atomic E-state index is 0.250. The lowest BCUT2D eigenvalue weighted by Crippen LogP contribution is -2.34. The van der Waals surface area contributed by atoms with Crippen molar-refractivity contribution in [3.8, 4) is 11.6 Å². The fourth-order valence-electron chi connectivity index (χ4n) is 3.25. The molecule has 2 N–H and O–H groups in total. The third kappa shape index (κ3) is 7.19. The van der Waals surface area contributed by atoms with Crippen molar-refractivity contribution in [2.75, 3.05) is 18.7 Å². The monoisotopic (exact) mass is 444 g/mol. The number of aryl methyl sites for hydroxylation is 1. The molecule has 0 amide bonds. The molecule has 0 bridgehead atoms. The number of anilines is 1. The largest absolute Gasteiger partial charge is 0.487 e. The Kier molecular flexibility index (Phi) is 8.61. The van der Waals surface area contributed by atoms with Crippen molar-refractivity contribution in [2.24, 2.45) is 11.8 Å². The molecule has 2 aromatic heterocycles. The highest BCUT2D eigenvalue weighted by Crippen LogP contribution is 2.21. The molecule has 0 aliphatic rings. The topological polar surface area (TPSA) is 73.5 Å². The van der Waals surface area contributed by atoms with Crippen molar-refractivity contribution in [1.29, 1.82) is 0 Å². The van der Waals surface area contributed by atoms with Crippen LogP contribution in [0, 0.1) is 12.8 Å². The van der Waals surface area contributed by atoms with E-state index in [2.05, 4.69) is 35.1 Å². The second kappa shape index (κ2) is 11.8. The third-order valence-electron chi connectivity index (χ3n) is 5.21. The quantitative estimate of drug-likeness (QED) is 0.258. The number of ether oxygens (including phenoxy) is 2. The zero-order chi connectivity index (χ0) is 23.6. The molecule has 0 saturated heterocycles. The summed E-state index contributed by atoms with van der Waals surface area (Å²) in [6, 6.07) is 15.7. The van der Waals surface area contributed by atoms with E-state index >= 15 is 0 Å². The second-order valence-electron chi connectivity index (χ2n) is 7.93. The van der Waals surface area contributed by atoms with Crippen molar-refractivity contribution in [2.45, 2.75) is 27.4 Å². The Morgan fingerprint density at radius 2 is 1.85 bits per heavy atom. The number of hydrogen-bond acceptors (Lipinski definition) is 6. The summed E-state index contributed by atoms with van der Waals surface area (Å²) >= 11 is 0. The number of hydrazine groups is 1. The van der Waals surface area contributed by atoms with Crippen molar-refractivity contribution < 1.29 is 9.47 Å². The summed E-state index contributed by atoms with van der Waals surface area (Å²) in [5.41, 5.74) is 5.11. The van der Waals surface area contributed by atoms with Crippen LogP contribution in [0.5, 0.6) is 11.6 Å². The highest BCUT2D eigenvalue weighted by atomic mass is 16.5. The summed E-state index contributed by atoms with van der Waals surface area (Å²) in [4.78, 5) is 8.65. The predicted octanol–water partition coefficient (Wildman–Crippen LogP) is 5.35. The molecule has 0 radical (unpaired) electrons. The van der Waals surface area contributed by atoms with Gasteiger partial charge in [0, 0.05) is 25.0 Å². The maximum Gasteiger partial charge on any atom is 0.212 e. The van der Waals surface area contributed by atoms with Crippen LogP contribution in [0.2, 0.25) is 0 Å². The van der Waals surface area contributed by atoms with Crippen LogP contribution in [-0.2, 0) is 6.61 Å². The van der Waals surface area contributed by atoms with Gasteiger partial charge in [-0.15, -0.1) is 0 Å². The fourth-order valence-corrected chi connectivity index (χ4v) is 3.25. The average Bonchev–Trinajstić information content (AvgIpc) is 2.84. The number of benzene rings is 1. The Morgan fingerprint density at radius 1 is 1.06 bits per heavy atom. The van der Waals surface area contributed by atoms with E-state index in [0.717, 1.165) is 33.8 Å². The highest BCUT2D eigenvalue weighted by Gasteiger charge is 2.07. The van der Waals surface area contributed by atoms with E-state index in [1.807, 2.05) is 74.8 Å². The van der Waals surface area contributed by atoms with Gasteiger partial charge in [-0.1, -0.05) is 31.2 Å². The van der Waals surface area contributed by atoms with Gasteiger partial charge in [0.1, 0.15) is 12.4 Å². The van der Waals surface area contributed by atoms with Crippen molar-refractivity contribution in [3.63, 3.8) is 0 Å². The molecule has 0 saturated carbocycles. The van der Waals surface area contributed by atoms with Gasteiger partial charge in [0.05, 0.1) is 18.5 Å². The summed E-state index contributed by atoms with van der Waals surface area (Å²) in [6.07, 6.45) is 10.00. The lowest BCUT2D eigenvalue weighted by molar-refractivity contribution is 0.301. The SMILES string of the molecule is CC=C(C=CC(C)CN(N)c1ccc(OCc2ccc(C)cn2)cc1)c1ccc(OC)nc1. The Hall–Kier alpha value is -3.64. The van der Waals surface area contributed by atoms with Crippen molar-refractivity contribution in [3.05, 3.63) is 96.0 Å². The predicted molar refractivity (Wildman–Crippen MR) is 134 cm³/mol. The summed E-state index contributed by atoms with van der Waals surface area (Å²) < 4.78 is 11.0. The van der Waals surface area contributed by atoms with E-state index in [4.69, 9.17) is 15.3 Å². The van der Waals surface area contributed by atoms with Gasteiger partial charge < -0.3 is 14.5 Å². The smallest absolute Gasteiger partial charge is 0.212 e. The molecule has 1 unspecified atom stereocenters. The molecule has 1 aromatic carbocycles. The van der Waals surface area contributed by atoms with Crippen molar-refractivity contribution in [1.82, 2.24) is 9.97 Å². The Labute approximate surface area is 196 Å². The summed E-state index contributed by atoms with van der Waals surface area (Å²) in [7, 11) is 1.61. The number of allylic oxidation sites excluding steroid dienone is 3. The maximum atomic E-state index is 6.32. The molecule has 3 aromatic rings.